The molecule has 0 radical (unpaired) electrons. The fourth-order valence-electron chi connectivity index (χ4n) is 12.8. The molecule has 1 fully saturated rings. The maximum absolute atomic E-state index is 14.6. The standard InChI is InChI=1S/C82H144N20O21/c1-27-81(25,73(121)91-50(31-33-55(83)105)62(110)88-49(41-103)36-42(3)4)101-72(120)79(21,22)97-65(113)53(38-44(7)8)90-66(114)54-30-29-35-102(54)75(123)80(23,24)98-64(112)52(37-43(5)6)89-58(108)40-86-70(118)77(17,18)99-68(116)60(46(11)12)94-67(115)59(45(9)10)93-63(111)51(32-34-56(84)106)92-74(122)82(26,28-2)100-71(119)78(19,20)96-61(109)47(13)87-57(107)39-85-69(117)76(15,16)95-48(14)104/h42-47,49-54,59-60,103H,27-41H2,1-26H3,(H2,83,105)(H2,84,106)(H,85,117)(H,86,118)(H,87,107)(H,88,110)(H,89,108)(H,90,114)(H,91,121)(H,92,122)(H,93,111)(H,94,115)(H,95,104)(H,96,109)(H,97,113)(H,98,112)(H,99,116)(H,100,119)(H,101,120)/t47-,49-,50-,51-,52-,53-,54-,59-,60-,81+,82+/m0/s1. The van der Waals surface area contributed by atoms with Crippen molar-refractivity contribution in [3.05, 3.63) is 0 Å². The summed E-state index contributed by atoms with van der Waals surface area (Å²) in [7, 11) is 0. The third-order valence-electron chi connectivity index (χ3n) is 20.8. The van der Waals surface area contributed by atoms with Crippen LogP contribution in [-0.2, 0) is 95.9 Å². The Morgan fingerprint density at radius 1 is 0.390 bits per heavy atom. The van der Waals surface area contributed by atoms with Gasteiger partial charge in [0.15, 0.2) is 0 Å². The molecule has 698 valence electrons. The number of primary amides is 2. The summed E-state index contributed by atoms with van der Waals surface area (Å²) < 4.78 is 0. The van der Waals surface area contributed by atoms with Crippen LogP contribution in [0, 0.1) is 29.6 Å². The van der Waals surface area contributed by atoms with Crippen LogP contribution in [0.2, 0.25) is 0 Å². The second kappa shape index (κ2) is 47.8. The topological polar surface area (TPSA) is 621 Å². The van der Waals surface area contributed by atoms with Crippen LogP contribution in [0.4, 0.5) is 0 Å². The van der Waals surface area contributed by atoms with E-state index >= 15 is 0 Å². The Labute approximate surface area is 722 Å². The normalized spacial score (nSPS) is 16.1. The minimum Gasteiger partial charge on any atom is -0.394 e. The quantitative estimate of drug-likeness (QED) is 0.0291. The monoisotopic (exact) mass is 1750 g/mol. The van der Waals surface area contributed by atoms with Gasteiger partial charge in [0.25, 0.3) is 0 Å². The zero-order valence-electron chi connectivity index (χ0n) is 76.9. The Morgan fingerprint density at radius 3 is 1.15 bits per heavy atom. The third kappa shape index (κ3) is 36.0. The highest BCUT2D eigenvalue weighted by molar-refractivity contribution is 6.04. The van der Waals surface area contributed by atoms with Crippen molar-refractivity contribution in [3.8, 4) is 0 Å². The number of carbonyl (C=O) groups excluding carboxylic acids is 20. The zero-order chi connectivity index (χ0) is 95.3. The molecule has 0 aromatic carbocycles. The van der Waals surface area contributed by atoms with Crippen LogP contribution in [0.1, 0.15) is 251 Å². The van der Waals surface area contributed by atoms with Crippen LogP contribution in [0.15, 0.2) is 0 Å². The summed E-state index contributed by atoms with van der Waals surface area (Å²) in [6.45, 7) is 37.7. The maximum atomic E-state index is 14.6. The van der Waals surface area contributed by atoms with Crippen molar-refractivity contribution in [1.82, 2.24) is 95.3 Å². The molecule has 0 bridgehead atoms. The second-order valence-corrected chi connectivity index (χ2v) is 36.8. The van der Waals surface area contributed by atoms with Gasteiger partial charge in [0.1, 0.15) is 87.1 Å². The molecule has 0 saturated carbocycles. The van der Waals surface area contributed by atoms with Gasteiger partial charge in [-0.2, -0.15) is 0 Å². The SMILES string of the molecule is CC[C@@](C)(NC(=O)C(C)(C)NC(=O)[C@H](C)NC(=O)CNC(=O)C(C)(C)NC(C)=O)C(=O)N[C@@H](CCC(N)=O)C(=O)N[C@H](C(=O)N[C@H](C(=O)NC(C)(C)C(=O)NCC(=O)N[C@@H](CC(C)C)C(=O)NC(C)(C)C(=O)N1CCC[C@H]1C(=O)N[C@@H](CC(C)C)C(=O)NC(C)(C)C(=O)N[C@](C)(CC)C(=O)N[C@@H](CCC(N)=O)C(=O)N[C@H](CO)CC(C)C)C(C)C)C(C)C. The molecule has 41 heteroatoms. The number of rotatable bonds is 51. The third-order valence-corrected chi connectivity index (χ3v) is 20.8. The lowest BCUT2D eigenvalue weighted by Gasteiger charge is -2.36. The van der Waals surface area contributed by atoms with Crippen molar-refractivity contribution in [1.29, 1.82) is 0 Å². The number of nitrogens with two attached hydrogens (primary N) is 2. The first-order chi connectivity index (χ1) is 56.3. The van der Waals surface area contributed by atoms with Crippen LogP contribution in [0.5, 0.6) is 0 Å². The summed E-state index contributed by atoms with van der Waals surface area (Å²) in [4.78, 5) is 273. The van der Waals surface area contributed by atoms with Crippen molar-refractivity contribution < 1.29 is 101 Å². The highest BCUT2D eigenvalue weighted by Crippen LogP contribution is 2.25. The average molecular weight is 1750 g/mol. The molecule has 41 nitrogen and oxygen atoms in total. The molecule has 0 unspecified atom stereocenters. The fourth-order valence-corrected chi connectivity index (χ4v) is 12.8. The van der Waals surface area contributed by atoms with Crippen molar-refractivity contribution in [2.75, 3.05) is 26.2 Å². The van der Waals surface area contributed by atoms with E-state index in [1.165, 1.54) is 109 Å². The second-order valence-electron chi connectivity index (χ2n) is 36.8. The van der Waals surface area contributed by atoms with Gasteiger partial charge in [0.2, 0.25) is 118 Å². The minimum absolute atomic E-state index is 0.0130. The predicted octanol–water partition coefficient (Wildman–Crippen LogP) is -2.85. The van der Waals surface area contributed by atoms with Gasteiger partial charge in [0, 0.05) is 26.3 Å². The number of likely N-dealkylation sites (tertiary alicyclic amines) is 1. The van der Waals surface area contributed by atoms with Crippen LogP contribution < -0.4 is 102 Å². The highest BCUT2D eigenvalue weighted by atomic mass is 16.3. The number of nitrogens with one attached hydrogen (secondary N) is 17. The largest absolute Gasteiger partial charge is 0.394 e. The predicted molar refractivity (Wildman–Crippen MR) is 454 cm³/mol. The first kappa shape index (κ1) is 110. The molecule has 1 rings (SSSR count). The minimum atomic E-state index is -1.81. The highest BCUT2D eigenvalue weighted by Gasteiger charge is 2.47. The lowest BCUT2D eigenvalue weighted by atomic mass is 9.93. The van der Waals surface area contributed by atoms with E-state index in [-0.39, 0.29) is 69.2 Å². The summed E-state index contributed by atoms with van der Waals surface area (Å²) in [6.07, 6.45) is -0.417. The summed E-state index contributed by atoms with van der Waals surface area (Å²) >= 11 is 0. The van der Waals surface area contributed by atoms with Gasteiger partial charge in [-0.15, -0.1) is 0 Å². The van der Waals surface area contributed by atoms with E-state index in [9.17, 15) is 101 Å². The fraction of sp³-hybridized carbons (Fsp3) is 0.756. The van der Waals surface area contributed by atoms with Crippen molar-refractivity contribution in [3.63, 3.8) is 0 Å². The molecule has 1 aliphatic heterocycles. The molecular formula is C82H144N20O21. The van der Waals surface area contributed by atoms with Gasteiger partial charge in [-0.25, -0.2) is 0 Å². The molecule has 0 spiro atoms. The Morgan fingerprint density at radius 2 is 0.756 bits per heavy atom. The van der Waals surface area contributed by atoms with Gasteiger partial charge in [-0.05, 0) is 177 Å². The Balaban J connectivity index is 3.27. The number of carbonyl (C=O) groups is 20. The summed E-state index contributed by atoms with van der Waals surface area (Å²) in [6, 6.07) is -11.3. The first-order valence-corrected chi connectivity index (χ1v) is 42.0. The van der Waals surface area contributed by atoms with Gasteiger partial charge < -0.3 is 112 Å². The van der Waals surface area contributed by atoms with Crippen molar-refractivity contribution in [2.45, 2.75) is 344 Å². The molecular weight excluding hydrogens is 1600 g/mol. The van der Waals surface area contributed by atoms with E-state index in [1.54, 1.807) is 62.3 Å². The van der Waals surface area contributed by atoms with Crippen molar-refractivity contribution >= 4 is 118 Å². The maximum Gasteiger partial charge on any atom is 0.248 e. The van der Waals surface area contributed by atoms with Gasteiger partial charge in [0.05, 0.1) is 25.7 Å². The van der Waals surface area contributed by atoms with Crippen LogP contribution in [-0.4, -0.2) is 248 Å². The average Bonchev–Trinajstić information content (AvgIpc) is 1.59. The Bertz CT molecular complexity index is 3820. The number of aliphatic hydroxyl groups excluding tert-OH is 1. The lowest BCUT2D eigenvalue weighted by Crippen LogP contribution is -2.66. The number of amides is 20. The van der Waals surface area contributed by atoms with Crippen LogP contribution >= 0.6 is 0 Å². The molecule has 0 aromatic heterocycles. The molecule has 1 heterocycles. The van der Waals surface area contributed by atoms with E-state index in [0.717, 1.165) is 0 Å². The molecule has 0 aromatic rings. The van der Waals surface area contributed by atoms with E-state index in [2.05, 4.69) is 90.4 Å². The van der Waals surface area contributed by atoms with Crippen LogP contribution in [0.25, 0.3) is 0 Å². The summed E-state index contributed by atoms with van der Waals surface area (Å²) in [5.41, 5.74) is -1.04. The molecule has 123 heavy (non-hydrogen) atoms. The molecule has 22 N–H and O–H groups in total. The van der Waals surface area contributed by atoms with Gasteiger partial charge in [-0.1, -0.05) is 83.1 Å². The zero-order valence-corrected chi connectivity index (χ0v) is 76.9. The van der Waals surface area contributed by atoms with Gasteiger partial charge >= 0.3 is 0 Å². The molecule has 11 atom stereocenters. The summed E-state index contributed by atoms with van der Waals surface area (Å²) in [5, 5.41) is 53.8. The molecule has 1 saturated heterocycles. The Kier molecular flexibility index (Phi) is 42.9. The smallest absolute Gasteiger partial charge is 0.248 e. The van der Waals surface area contributed by atoms with E-state index in [1.807, 2.05) is 13.8 Å². The number of hydrogen-bond donors (Lipinski definition) is 20. The Hall–Kier alpha value is -10.6. The summed E-state index contributed by atoms with van der Waals surface area (Å²) in [5.74, 6) is -17.7. The molecule has 0 aliphatic carbocycles. The lowest BCUT2D eigenvalue weighted by molar-refractivity contribution is -0.145. The number of aliphatic hydroxyl groups is 1. The van der Waals surface area contributed by atoms with Gasteiger partial charge in [-0.3, -0.25) is 95.9 Å². The number of nitrogens with zero attached hydrogens (tertiary/aromatic N) is 1. The van der Waals surface area contributed by atoms with E-state index < -0.39 is 256 Å². The molecule has 20 amide bonds. The number of hydrogen-bond acceptors (Lipinski definition) is 21. The van der Waals surface area contributed by atoms with Crippen molar-refractivity contribution in [2.24, 2.45) is 41.1 Å². The first-order valence-electron chi connectivity index (χ1n) is 42.0. The van der Waals surface area contributed by atoms with E-state index in [0.29, 0.717) is 12.8 Å². The van der Waals surface area contributed by atoms with Crippen LogP contribution in [0.3, 0.4) is 0 Å². The van der Waals surface area contributed by atoms with E-state index in [4.69, 9.17) is 11.5 Å². The molecule has 1 aliphatic rings.